The number of methoxy groups -OCH3 is 1. The topological polar surface area (TPSA) is 86.8 Å². The molecule has 0 saturated heterocycles. The van der Waals surface area contributed by atoms with Gasteiger partial charge in [0.05, 0.1) is 13.3 Å². The van der Waals surface area contributed by atoms with Gasteiger partial charge in [0.1, 0.15) is 17.5 Å². The number of hydrogen-bond donors (Lipinski definition) is 1. The Labute approximate surface area is 170 Å². The highest BCUT2D eigenvalue weighted by Crippen LogP contribution is 2.56. The van der Waals surface area contributed by atoms with Crippen LogP contribution in [0.4, 0.5) is 8.78 Å². The first kappa shape index (κ1) is 19.6. The molecule has 2 heterocycles. The largest absolute Gasteiger partial charge is 0.495 e. The number of halogens is 3. The van der Waals surface area contributed by atoms with Gasteiger partial charge in [-0.05, 0) is 30.2 Å². The Kier molecular flexibility index (Phi) is 4.90. The number of Topliss-reactive ketones (excluding diaryl/α,β-unsaturated/α-hetero) is 1. The van der Waals surface area contributed by atoms with E-state index in [1.165, 1.54) is 25.4 Å². The molecule has 0 spiro atoms. The van der Waals surface area contributed by atoms with Crippen molar-refractivity contribution in [1.82, 2.24) is 4.98 Å². The number of nitrogens with two attached hydrogens (primary N) is 1. The van der Waals surface area contributed by atoms with Crippen molar-refractivity contribution in [2.45, 2.75) is 30.9 Å². The first-order valence-corrected chi connectivity index (χ1v) is 9.35. The van der Waals surface area contributed by atoms with Crippen molar-refractivity contribution in [3.63, 3.8) is 0 Å². The van der Waals surface area contributed by atoms with Crippen LogP contribution < -0.4 is 10.5 Å². The summed E-state index contributed by atoms with van der Waals surface area (Å²) in [6, 6.07) is 7.55. The molecule has 152 valence electrons. The van der Waals surface area contributed by atoms with E-state index in [2.05, 4.69) is 9.98 Å². The minimum Gasteiger partial charge on any atom is -0.495 e. The van der Waals surface area contributed by atoms with Crippen molar-refractivity contribution < 1.29 is 23.0 Å². The van der Waals surface area contributed by atoms with Gasteiger partial charge in [-0.1, -0.05) is 23.7 Å². The molecule has 0 unspecified atom stereocenters. The summed E-state index contributed by atoms with van der Waals surface area (Å²) in [5, 5.41) is 0.146. The SMILES string of the molecule is COc1ccc(C(=O)Cc2ccc(Cl)c([C@@]3(C(F)F)N=C(N)O[C@@H]4C[C@@H]43)c2)nc1. The Bertz CT molecular complexity index is 983. The van der Waals surface area contributed by atoms with Crippen LogP contribution in [0.15, 0.2) is 41.5 Å². The number of alkyl halides is 2. The molecule has 6 nitrogen and oxygen atoms in total. The minimum atomic E-state index is -2.83. The van der Waals surface area contributed by atoms with E-state index in [1.54, 1.807) is 18.2 Å². The number of carbonyl (C=O) groups excluding carboxylic acids is 1. The summed E-state index contributed by atoms with van der Waals surface area (Å²) in [6.45, 7) is 0. The van der Waals surface area contributed by atoms with Gasteiger partial charge in [-0.15, -0.1) is 0 Å². The average Bonchev–Trinajstić information content (AvgIpc) is 3.48. The second kappa shape index (κ2) is 7.26. The van der Waals surface area contributed by atoms with Gasteiger partial charge in [0.15, 0.2) is 11.3 Å². The predicted octanol–water partition coefficient (Wildman–Crippen LogP) is 3.36. The lowest BCUT2D eigenvalue weighted by Gasteiger charge is -2.33. The third kappa shape index (κ3) is 3.42. The van der Waals surface area contributed by atoms with Crippen LogP contribution in [0.2, 0.25) is 5.02 Å². The maximum Gasteiger partial charge on any atom is 0.283 e. The molecule has 29 heavy (non-hydrogen) atoms. The molecule has 4 rings (SSSR count). The molecule has 1 saturated carbocycles. The third-order valence-corrected chi connectivity index (χ3v) is 5.61. The maximum absolute atomic E-state index is 14.3. The van der Waals surface area contributed by atoms with E-state index in [4.69, 9.17) is 26.8 Å². The quantitative estimate of drug-likeness (QED) is 0.723. The summed E-state index contributed by atoms with van der Waals surface area (Å²) in [5.41, 5.74) is 4.71. The van der Waals surface area contributed by atoms with Gasteiger partial charge in [0.2, 0.25) is 0 Å². The van der Waals surface area contributed by atoms with Gasteiger partial charge in [-0.3, -0.25) is 4.79 Å². The fourth-order valence-corrected chi connectivity index (χ4v) is 4.00. The molecule has 2 N–H and O–H groups in total. The number of benzene rings is 1. The molecule has 9 heteroatoms. The van der Waals surface area contributed by atoms with E-state index in [-0.39, 0.29) is 34.5 Å². The summed E-state index contributed by atoms with van der Waals surface area (Å²) in [6.07, 6.45) is -1.38. The van der Waals surface area contributed by atoms with Crippen LogP contribution in [0.5, 0.6) is 5.75 Å². The molecule has 1 aromatic carbocycles. The normalized spacial score (nSPS) is 25.1. The second-order valence-electron chi connectivity index (χ2n) is 7.07. The molecule has 1 aromatic heterocycles. The molecule has 0 bridgehead atoms. The monoisotopic (exact) mass is 421 g/mol. The average molecular weight is 422 g/mol. The van der Waals surface area contributed by atoms with Crippen LogP contribution in [-0.2, 0) is 16.7 Å². The molecule has 0 radical (unpaired) electrons. The molecular formula is C20H18ClF2N3O3. The van der Waals surface area contributed by atoms with E-state index in [0.717, 1.165) is 0 Å². The predicted molar refractivity (Wildman–Crippen MR) is 103 cm³/mol. The Morgan fingerprint density at radius 3 is 2.86 bits per heavy atom. The van der Waals surface area contributed by atoms with Gasteiger partial charge in [-0.25, -0.2) is 18.8 Å². The van der Waals surface area contributed by atoms with Crippen molar-refractivity contribution in [3.05, 3.63) is 58.4 Å². The Balaban J connectivity index is 1.67. The van der Waals surface area contributed by atoms with Crippen molar-refractivity contribution in [2.75, 3.05) is 7.11 Å². The summed E-state index contributed by atoms with van der Waals surface area (Å²) in [7, 11) is 1.50. The molecule has 2 aromatic rings. The smallest absolute Gasteiger partial charge is 0.283 e. The molecule has 1 aliphatic carbocycles. The number of ketones is 1. The zero-order valence-electron chi connectivity index (χ0n) is 15.4. The van der Waals surface area contributed by atoms with Crippen LogP contribution in [-0.4, -0.2) is 36.4 Å². The molecule has 2 aliphatic rings. The standard InChI is InChI=1S/C20H18ClF2N3O3/c1-28-11-3-5-15(25-9-11)16(27)7-10-2-4-14(21)12(6-10)20(18(22)23)13-8-17(13)29-19(24)26-20/h2-6,9,13,17-18H,7-8H2,1H3,(H2,24,26)/t13-,17+,20+/m0/s1. The number of nitrogens with zero attached hydrogens (tertiary/aromatic N) is 2. The Hall–Kier alpha value is -2.74. The van der Waals surface area contributed by atoms with E-state index >= 15 is 0 Å². The number of hydrogen-bond acceptors (Lipinski definition) is 6. The van der Waals surface area contributed by atoms with Gasteiger partial charge in [0, 0.05) is 22.9 Å². The van der Waals surface area contributed by atoms with Crippen LogP contribution in [0.1, 0.15) is 28.0 Å². The number of carbonyl (C=O) groups is 1. The van der Waals surface area contributed by atoms with Gasteiger partial charge in [0.25, 0.3) is 12.4 Å². The zero-order valence-corrected chi connectivity index (χ0v) is 16.2. The third-order valence-electron chi connectivity index (χ3n) is 5.28. The zero-order chi connectivity index (χ0) is 20.8. The lowest BCUT2D eigenvalue weighted by molar-refractivity contribution is 0.0196. The van der Waals surface area contributed by atoms with Crippen LogP contribution >= 0.6 is 11.6 Å². The lowest BCUT2D eigenvalue weighted by atomic mass is 9.83. The van der Waals surface area contributed by atoms with E-state index in [0.29, 0.717) is 17.7 Å². The lowest BCUT2D eigenvalue weighted by Crippen LogP contribution is -2.43. The van der Waals surface area contributed by atoms with Gasteiger partial charge in [-0.2, -0.15) is 0 Å². The Morgan fingerprint density at radius 1 is 1.41 bits per heavy atom. The molecule has 0 amide bonds. The molecular weight excluding hydrogens is 404 g/mol. The first-order chi connectivity index (χ1) is 13.8. The number of ether oxygens (including phenoxy) is 2. The van der Waals surface area contributed by atoms with E-state index in [1.807, 2.05) is 0 Å². The van der Waals surface area contributed by atoms with E-state index < -0.39 is 24.0 Å². The highest BCUT2D eigenvalue weighted by molar-refractivity contribution is 6.31. The fraction of sp³-hybridized carbons (Fsp3) is 0.350. The Morgan fingerprint density at radius 2 is 2.21 bits per heavy atom. The summed E-state index contributed by atoms with van der Waals surface area (Å²) < 4.78 is 38.8. The number of fused-ring (bicyclic) bond motifs is 1. The minimum absolute atomic E-state index is 0.0212. The second-order valence-corrected chi connectivity index (χ2v) is 7.48. The summed E-state index contributed by atoms with van der Waals surface area (Å²) in [5.74, 6) is -0.240. The van der Waals surface area contributed by atoms with Gasteiger partial charge >= 0.3 is 0 Å². The number of pyridine rings is 1. The van der Waals surface area contributed by atoms with Crippen LogP contribution in [0, 0.1) is 5.92 Å². The van der Waals surface area contributed by atoms with Crippen LogP contribution in [0.3, 0.4) is 0 Å². The maximum atomic E-state index is 14.3. The van der Waals surface area contributed by atoms with Crippen molar-refractivity contribution in [2.24, 2.45) is 16.6 Å². The fourth-order valence-electron chi connectivity index (χ4n) is 3.73. The summed E-state index contributed by atoms with van der Waals surface area (Å²) in [4.78, 5) is 20.6. The number of rotatable bonds is 6. The number of amidine groups is 1. The van der Waals surface area contributed by atoms with Crippen LogP contribution in [0.25, 0.3) is 0 Å². The highest BCUT2D eigenvalue weighted by Gasteiger charge is 2.64. The first-order valence-electron chi connectivity index (χ1n) is 8.97. The van der Waals surface area contributed by atoms with Crippen molar-refractivity contribution in [1.29, 1.82) is 0 Å². The molecule has 3 atom stereocenters. The van der Waals surface area contributed by atoms with E-state index in [9.17, 15) is 13.6 Å². The summed E-state index contributed by atoms with van der Waals surface area (Å²) >= 11 is 6.29. The molecule has 1 aliphatic heterocycles. The highest BCUT2D eigenvalue weighted by atomic mass is 35.5. The van der Waals surface area contributed by atoms with Gasteiger partial charge < -0.3 is 15.2 Å². The van der Waals surface area contributed by atoms with Crippen molar-refractivity contribution >= 4 is 23.4 Å². The number of aromatic nitrogens is 1. The van der Waals surface area contributed by atoms with Crippen molar-refractivity contribution in [3.8, 4) is 5.75 Å². The number of aliphatic imine (C=N–C) groups is 1. The molecule has 1 fully saturated rings.